The zero-order valence-corrected chi connectivity index (χ0v) is 13.5. The topological polar surface area (TPSA) is 46.1 Å². The van der Waals surface area contributed by atoms with Crippen LogP contribution in [-0.2, 0) is 11.3 Å². The number of nitrogens with one attached hydrogen (secondary N) is 1. The lowest BCUT2D eigenvalue weighted by atomic mass is 10.1. The summed E-state index contributed by atoms with van der Waals surface area (Å²) in [7, 11) is 3.65. The van der Waals surface area contributed by atoms with Crippen molar-refractivity contribution in [3.8, 4) is 5.75 Å². The molecule has 23 heavy (non-hydrogen) atoms. The summed E-state index contributed by atoms with van der Waals surface area (Å²) in [4.78, 5) is 6.26. The second-order valence-corrected chi connectivity index (χ2v) is 5.50. The van der Waals surface area contributed by atoms with E-state index in [1.165, 1.54) is 6.07 Å². The van der Waals surface area contributed by atoms with Crippen LogP contribution in [0.25, 0.3) is 0 Å². The monoisotopic (exact) mass is 327 g/mol. The highest BCUT2D eigenvalue weighted by atomic mass is 19.3. The van der Waals surface area contributed by atoms with Crippen molar-refractivity contribution in [2.24, 2.45) is 10.9 Å². The molecule has 0 spiro atoms. The second-order valence-electron chi connectivity index (χ2n) is 5.50. The number of halogens is 2. The fourth-order valence-corrected chi connectivity index (χ4v) is 2.62. The van der Waals surface area contributed by atoms with Crippen molar-refractivity contribution in [3.63, 3.8) is 0 Å². The van der Waals surface area contributed by atoms with Crippen molar-refractivity contribution in [2.45, 2.75) is 19.6 Å². The van der Waals surface area contributed by atoms with E-state index in [-0.39, 0.29) is 5.75 Å². The third-order valence-corrected chi connectivity index (χ3v) is 3.76. The van der Waals surface area contributed by atoms with Gasteiger partial charge in [-0.3, -0.25) is 4.99 Å². The van der Waals surface area contributed by atoms with Crippen molar-refractivity contribution in [1.29, 1.82) is 0 Å². The Balaban J connectivity index is 1.92. The SMILES string of the molecule is CN=C(NCc1ccccc1OC(F)F)N(C)CC1CCOC1. The minimum Gasteiger partial charge on any atom is -0.434 e. The number of rotatable bonds is 6. The third kappa shape index (κ3) is 5.35. The van der Waals surface area contributed by atoms with E-state index in [1.807, 2.05) is 11.9 Å². The molecule has 2 rings (SSSR count). The van der Waals surface area contributed by atoms with E-state index in [9.17, 15) is 8.78 Å². The highest BCUT2D eigenvalue weighted by molar-refractivity contribution is 5.79. The molecule has 1 aliphatic rings. The summed E-state index contributed by atoms with van der Waals surface area (Å²) in [6, 6.07) is 6.74. The summed E-state index contributed by atoms with van der Waals surface area (Å²) in [5.74, 6) is 1.38. The van der Waals surface area contributed by atoms with Crippen molar-refractivity contribution in [3.05, 3.63) is 29.8 Å². The van der Waals surface area contributed by atoms with Crippen molar-refractivity contribution < 1.29 is 18.3 Å². The van der Waals surface area contributed by atoms with Crippen LogP contribution >= 0.6 is 0 Å². The average molecular weight is 327 g/mol. The zero-order valence-electron chi connectivity index (χ0n) is 13.5. The van der Waals surface area contributed by atoms with Crippen LogP contribution in [0.1, 0.15) is 12.0 Å². The highest BCUT2D eigenvalue weighted by Crippen LogP contribution is 2.20. The maximum absolute atomic E-state index is 12.4. The van der Waals surface area contributed by atoms with Crippen LogP contribution in [0, 0.1) is 5.92 Å². The van der Waals surface area contributed by atoms with Crippen LogP contribution in [0.4, 0.5) is 8.78 Å². The maximum atomic E-state index is 12.4. The zero-order chi connectivity index (χ0) is 16.7. The molecule has 1 aromatic carbocycles. The number of ether oxygens (including phenoxy) is 2. The Morgan fingerprint density at radius 3 is 2.91 bits per heavy atom. The number of hydrogen-bond donors (Lipinski definition) is 1. The van der Waals surface area contributed by atoms with Crippen molar-refractivity contribution >= 4 is 5.96 Å². The van der Waals surface area contributed by atoms with Crippen molar-refractivity contribution in [2.75, 3.05) is 33.9 Å². The van der Waals surface area contributed by atoms with Gasteiger partial charge in [-0.2, -0.15) is 8.78 Å². The van der Waals surface area contributed by atoms with Gasteiger partial charge < -0.3 is 19.7 Å². The number of nitrogens with zero attached hydrogens (tertiary/aromatic N) is 2. The number of aliphatic imine (C=N–C) groups is 1. The lowest BCUT2D eigenvalue weighted by Crippen LogP contribution is -2.41. The van der Waals surface area contributed by atoms with E-state index in [2.05, 4.69) is 15.0 Å². The largest absolute Gasteiger partial charge is 0.434 e. The molecule has 1 heterocycles. The van der Waals surface area contributed by atoms with Gasteiger partial charge in [-0.05, 0) is 12.5 Å². The molecule has 128 valence electrons. The van der Waals surface area contributed by atoms with Gasteiger partial charge in [-0.15, -0.1) is 0 Å². The Bertz CT molecular complexity index is 520. The van der Waals surface area contributed by atoms with Gasteiger partial charge in [0.1, 0.15) is 5.75 Å². The normalized spacial score (nSPS) is 18.3. The smallest absolute Gasteiger partial charge is 0.387 e. The van der Waals surface area contributed by atoms with Gasteiger partial charge in [0, 0.05) is 45.3 Å². The minimum absolute atomic E-state index is 0.178. The van der Waals surface area contributed by atoms with Crippen LogP contribution < -0.4 is 10.1 Å². The molecule has 0 aliphatic carbocycles. The van der Waals surface area contributed by atoms with Gasteiger partial charge in [0.15, 0.2) is 5.96 Å². The van der Waals surface area contributed by atoms with E-state index >= 15 is 0 Å². The summed E-state index contributed by atoms with van der Waals surface area (Å²) in [5, 5.41) is 3.18. The molecule has 1 unspecified atom stereocenters. The molecule has 7 heteroatoms. The predicted octanol–water partition coefficient (Wildman–Crippen LogP) is 2.33. The molecule has 0 amide bonds. The molecular formula is C16H23F2N3O2. The Labute approximate surface area is 135 Å². The van der Waals surface area contributed by atoms with Gasteiger partial charge in [-0.25, -0.2) is 0 Å². The molecule has 1 fully saturated rings. The van der Waals surface area contributed by atoms with E-state index in [4.69, 9.17) is 4.74 Å². The maximum Gasteiger partial charge on any atom is 0.387 e. The second kappa shape index (κ2) is 8.67. The van der Waals surface area contributed by atoms with Gasteiger partial charge >= 0.3 is 6.61 Å². The van der Waals surface area contributed by atoms with Gasteiger partial charge in [0.25, 0.3) is 0 Å². The Hall–Kier alpha value is -1.89. The van der Waals surface area contributed by atoms with Crippen LogP contribution in [0.5, 0.6) is 5.75 Å². The molecule has 1 atom stereocenters. The summed E-state index contributed by atoms with van der Waals surface area (Å²) in [6.45, 7) is -0.0499. The number of benzene rings is 1. The van der Waals surface area contributed by atoms with Crippen LogP contribution in [-0.4, -0.2) is 51.3 Å². The molecule has 1 saturated heterocycles. The van der Waals surface area contributed by atoms with Gasteiger partial charge in [0.05, 0.1) is 6.61 Å². The van der Waals surface area contributed by atoms with E-state index in [1.54, 1.807) is 25.2 Å². The van der Waals surface area contributed by atoms with Gasteiger partial charge in [0.2, 0.25) is 0 Å². The average Bonchev–Trinajstić information content (AvgIpc) is 3.01. The van der Waals surface area contributed by atoms with E-state index < -0.39 is 6.61 Å². The molecule has 0 aromatic heterocycles. The Morgan fingerprint density at radius 1 is 1.48 bits per heavy atom. The number of guanidine groups is 1. The summed E-state index contributed by atoms with van der Waals surface area (Å²) < 4.78 is 34.8. The lowest BCUT2D eigenvalue weighted by molar-refractivity contribution is -0.0504. The molecule has 1 N–H and O–H groups in total. The minimum atomic E-state index is -2.83. The molecule has 1 aliphatic heterocycles. The predicted molar refractivity (Wildman–Crippen MR) is 84.8 cm³/mol. The first-order valence-electron chi connectivity index (χ1n) is 7.62. The quantitative estimate of drug-likeness (QED) is 0.643. The first-order valence-corrected chi connectivity index (χ1v) is 7.62. The summed E-state index contributed by atoms with van der Waals surface area (Å²) >= 11 is 0. The first kappa shape index (κ1) is 17.5. The number of hydrogen-bond acceptors (Lipinski definition) is 3. The summed E-state index contributed by atoms with van der Waals surface area (Å²) in [5.41, 5.74) is 0.659. The van der Waals surface area contributed by atoms with E-state index in [0.717, 1.165) is 26.2 Å². The summed E-state index contributed by atoms with van der Waals surface area (Å²) in [6.07, 6.45) is 1.05. The fourth-order valence-electron chi connectivity index (χ4n) is 2.62. The third-order valence-electron chi connectivity index (χ3n) is 3.76. The van der Waals surface area contributed by atoms with Gasteiger partial charge in [-0.1, -0.05) is 18.2 Å². The molecular weight excluding hydrogens is 304 g/mol. The molecule has 0 radical (unpaired) electrons. The van der Waals surface area contributed by atoms with Crippen LogP contribution in [0.15, 0.2) is 29.3 Å². The van der Waals surface area contributed by atoms with Crippen LogP contribution in [0.2, 0.25) is 0 Å². The fraction of sp³-hybridized carbons (Fsp3) is 0.562. The molecule has 0 saturated carbocycles. The Morgan fingerprint density at radius 2 is 2.26 bits per heavy atom. The van der Waals surface area contributed by atoms with Crippen LogP contribution in [0.3, 0.4) is 0 Å². The molecule has 5 nitrogen and oxygen atoms in total. The lowest BCUT2D eigenvalue weighted by Gasteiger charge is -2.24. The number of para-hydroxylation sites is 1. The van der Waals surface area contributed by atoms with Crippen molar-refractivity contribution in [1.82, 2.24) is 10.2 Å². The molecule has 1 aromatic rings. The van der Waals surface area contributed by atoms with E-state index in [0.29, 0.717) is 24.0 Å². The highest BCUT2D eigenvalue weighted by Gasteiger charge is 2.19. The number of alkyl halides is 2. The standard InChI is InChI=1S/C16H23F2N3O2/c1-19-16(21(2)10-12-7-8-22-11-12)20-9-13-5-3-4-6-14(13)23-15(17)18/h3-6,12,15H,7-11H2,1-2H3,(H,19,20). The Kier molecular flexibility index (Phi) is 6.58. The first-order chi connectivity index (χ1) is 11.1. The molecule has 0 bridgehead atoms.